The minimum absolute atomic E-state index is 0. The Hall–Kier alpha value is 1.00. The van der Waals surface area contributed by atoms with Crippen molar-refractivity contribution in [3.63, 3.8) is 0 Å². The maximum absolute atomic E-state index is 7.21. The molecule has 43 heavy (non-hydrogen) atoms. The molecule has 11 heteroatoms. The smallest absolute Gasteiger partial charge is 0.0643 e. The molecule has 9 aliphatic rings. The summed E-state index contributed by atoms with van der Waals surface area (Å²) in [5, 5.41) is 33.4. The van der Waals surface area contributed by atoms with Gasteiger partial charge >= 0.3 is 0 Å². The van der Waals surface area contributed by atoms with Gasteiger partial charge in [-0.3, -0.25) is 42.5 Å². The van der Waals surface area contributed by atoms with Gasteiger partial charge in [-0.2, -0.15) is 0 Å². The topological polar surface area (TPSA) is 96.2 Å². The van der Waals surface area contributed by atoms with Gasteiger partial charge < -0.3 is 0 Å². The molecule has 18 atom stereocenters. The quantitative estimate of drug-likeness (QED) is 0.143. The van der Waals surface area contributed by atoms with E-state index in [9.17, 15) is 0 Å². The van der Waals surface area contributed by atoms with Gasteiger partial charge in [0, 0.05) is 28.3 Å². The summed E-state index contributed by atoms with van der Waals surface area (Å²) in [5.74, 6) is 4.93. The van der Waals surface area contributed by atoms with Crippen molar-refractivity contribution in [2.75, 3.05) is 0 Å². The van der Waals surface area contributed by atoms with Crippen LogP contribution in [-0.2, 0) is 22.4 Å². The van der Waals surface area contributed by atoms with Crippen LogP contribution in [0.1, 0.15) is 89.9 Å². The molecule has 9 fully saturated rings. The average Bonchev–Trinajstić information content (AvgIpc) is 3.74. The van der Waals surface area contributed by atoms with Gasteiger partial charge in [0.25, 0.3) is 0 Å². The molecule has 8 N–H and O–H groups in total. The summed E-state index contributed by atoms with van der Waals surface area (Å²) in [5.41, 5.74) is 0. The number of hydrogen-bond donors (Lipinski definition) is 8. The summed E-state index contributed by atoms with van der Waals surface area (Å²) in [7, 11) is 0. The summed E-state index contributed by atoms with van der Waals surface area (Å²) < 4.78 is 0. The number of fused-ring (bicyclic) bond motifs is 20. The molecule has 1 radical (unpaired) electrons. The minimum atomic E-state index is -0.0154. The Kier molecular flexibility index (Phi) is 9.31. The monoisotopic (exact) mass is 727 g/mol. The molecule has 5 saturated heterocycles. The van der Waals surface area contributed by atoms with Gasteiger partial charge in [-0.15, -0.1) is 23.2 Å². The maximum Gasteiger partial charge on any atom is 0.0643 e. The largest absolute Gasteiger partial charge is 0.286 e. The van der Waals surface area contributed by atoms with Crippen LogP contribution in [0.3, 0.4) is 0 Å². The third-order valence-electron chi connectivity index (χ3n) is 13.9. The Morgan fingerprint density at radius 3 is 0.930 bits per heavy atom. The molecule has 4 saturated carbocycles. The SMILES string of the molecule is ClC1CCC2C3NC4NC(NC5NC(NC6NC(NC(N3)C2C1Cl)C1CCCCC61)C1CCCCC51)C1CCCCC41.[Ag]. The van der Waals surface area contributed by atoms with E-state index >= 15 is 0 Å². The molecule has 5 heterocycles. The van der Waals surface area contributed by atoms with Gasteiger partial charge in [-0.1, -0.05) is 38.5 Å². The van der Waals surface area contributed by atoms with Crippen molar-refractivity contribution in [3.8, 4) is 0 Å². The van der Waals surface area contributed by atoms with Crippen LogP contribution in [0.25, 0.3) is 0 Å². The van der Waals surface area contributed by atoms with E-state index in [-0.39, 0.29) is 45.5 Å². The molecule has 8 nitrogen and oxygen atoms in total. The first-order chi connectivity index (χ1) is 20.6. The summed E-state index contributed by atoms with van der Waals surface area (Å²) >= 11 is 14.1. The molecule has 0 spiro atoms. The number of hydrogen-bond acceptors (Lipinski definition) is 8. The first-order valence-electron chi connectivity index (χ1n) is 18.0. The average molecular weight is 730 g/mol. The molecule has 4 aliphatic carbocycles. The summed E-state index contributed by atoms with van der Waals surface area (Å²) in [6, 6.07) is 0. The van der Waals surface area contributed by atoms with Crippen LogP contribution in [0.15, 0.2) is 0 Å². The molecular formula is C32H54AgCl2N8. The van der Waals surface area contributed by atoms with E-state index in [1.54, 1.807) is 0 Å². The van der Waals surface area contributed by atoms with Gasteiger partial charge in [-0.25, -0.2) is 0 Å². The third kappa shape index (κ3) is 5.47. The fraction of sp³-hybridized carbons (Fsp3) is 1.00. The Morgan fingerprint density at radius 1 is 0.326 bits per heavy atom. The van der Waals surface area contributed by atoms with E-state index in [0.29, 0.717) is 84.3 Å². The zero-order valence-electron chi connectivity index (χ0n) is 25.3. The fourth-order valence-electron chi connectivity index (χ4n) is 11.9. The van der Waals surface area contributed by atoms with Crippen LogP contribution in [-0.4, -0.2) is 60.1 Å². The van der Waals surface area contributed by atoms with Crippen molar-refractivity contribution in [3.05, 3.63) is 0 Å². The maximum atomic E-state index is 7.21. The molecule has 9 rings (SSSR count). The minimum Gasteiger partial charge on any atom is -0.286 e. The van der Waals surface area contributed by atoms with Crippen molar-refractivity contribution in [2.45, 2.75) is 150 Å². The Bertz CT molecular complexity index is 995. The predicted octanol–water partition coefficient (Wildman–Crippen LogP) is 3.04. The van der Waals surface area contributed by atoms with Gasteiger partial charge in [0.15, 0.2) is 0 Å². The molecule has 8 bridgehead atoms. The van der Waals surface area contributed by atoms with E-state index in [1.807, 2.05) is 0 Å². The first kappa shape index (κ1) is 31.3. The Labute approximate surface area is 284 Å². The van der Waals surface area contributed by atoms with E-state index in [0.717, 1.165) is 12.8 Å². The number of rotatable bonds is 0. The van der Waals surface area contributed by atoms with Crippen molar-refractivity contribution >= 4 is 23.2 Å². The second-order valence-electron chi connectivity index (χ2n) is 15.8. The summed E-state index contributed by atoms with van der Waals surface area (Å²) in [4.78, 5) is 0. The van der Waals surface area contributed by atoms with Gasteiger partial charge in [0.2, 0.25) is 0 Å². The second kappa shape index (κ2) is 12.8. The van der Waals surface area contributed by atoms with Crippen LogP contribution in [0.2, 0.25) is 0 Å². The van der Waals surface area contributed by atoms with Crippen molar-refractivity contribution < 1.29 is 22.4 Å². The van der Waals surface area contributed by atoms with E-state index < -0.39 is 0 Å². The van der Waals surface area contributed by atoms with Gasteiger partial charge in [-0.05, 0) is 92.8 Å². The van der Waals surface area contributed by atoms with Crippen LogP contribution < -0.4 is 42.5 Å². The number of halogens is 2. The third-order valence-corrected chi connectivity index (χ3v) is 15.1. The fourth-order valence-corrected chi connectivity index (χ4v) is 12.7. The summed E-state index contributed by atoms with van der Waals surface area (Å²) in [6.07, 6.45) is 20.8. The van der Waals surface area contributed by atoms with E-state index in [1.165, 1.54) is 77.0 Å². The normalized spacial score (nSPS) is 57.6. The van der Waals surface area contributed by atoms with E-state index in [2.05, 4.69) is 42.5 Å². The second-order valence-corrected chi connectivity index (χ2v) is 16.8. The van der Waals surface area contributed by atoms with Crippen LogP contribution >= 0.6 is 23.2 Å². The molecule has 0 aromatic carbocycles. The Morgan fingerprint density at radius 2 is 0.605 bits per heavy atom. The molecular weight excluding hydrogens is 675 g/mol. The zero-order chi connectivity index (χ0) is 27.9. The number of alkyl halides is 2. The summed E-state index contributed by atoms with van der Waals surface area (Å²) in [6.45, 7) is 0. The number of nitrogens with one attached hydrogen (secondary N) is 8. The van der Waals surface area contributed by atoms with Crippen LogP contribution in [0.5, 0.6) is 0 Å². The van der Waals surface area contributed by atoms with Gasteiger partial charge in [0.05, 0.1) is 60.1 Å². The van der Waals surface area contributed by atoms with Crippen molar-refractivity contribution in [1.29, 1.82) is 0 Å². The van der Waals surface area contributed by atoms with Crippen LogP contribution in [0, 0.1) is 47.3 Å². The molecule has 0 amide bonds. The standard InChI is InChI=1S/C32H54Cl2N8.Ag/c33-22-14-13-21-23(24(22)34)32-41-30-20-12-6-5-11-19(20)28(39-30)37-26-16-8-2-1-7-15(16)25(35-26)36-27-17-9-3-4-10-18(17)29(38-27)40-31(21)42-32;/h15-32,35-42H,1-14H2;. The first-order valence-corrected chi connectivity index (χ1v) is 18.9. The van der Waals surface area contributed by atoms with E-state index in [4.69, 9.17) is 23.2 Å². The van der Waals surface area contributed by atoms with Gasteiger partial charge in [0.1, 0.15) is 0 Å². The van der Waals surface area contributed by atoms with Crippen molar-refractivity contribution in [2.24, 2.45) is 47.3 Å². The zero-order valence-corrected chi connectivity index (χ0v) is 28.3. The molecule has 18 unspecified atom stereocenters. The Balaban J connectivity index is 0.00000278. The van der Waals surface area contributed by atoms with Crippen LogP contribution in [0.4, 0.5) is 0 Å². The molecule has 247 valence electrons. The molecule has 0 aromatic rings. The predicted molar refractivity (Wildman–Crippen MR) is 167 cm³/mol. The molecule has 0 aromatic heterocycles. The molecule has 5 aliphatic heterocycles. The van der Waals surface area contributed by atoms with Crippen molar-refractivity contribution in [1.82, 2.24) is 42.5 Å².